The lowest BCUT2D eigenvalue weighted by molar-refractivity contribution is -0.167. The summed E-state index contributed by atoms with van der Waals surface area (Å²) in [7, 11) is 0. The van der Waals surface area contributed by atoms with E-state index in [1.807, 2.05) is 0 Å². The van der Waals surface area contributed by atoms with Crippen LogP contribution in [-0.2, 0) is 28.6 Å². The minimum atomic E-state index is -0.790. The molecule has 0 bridgehead atoms. The molecule has 0 aromatic rings. The van der Waals surface area contributed by atoms with E-state index in [9.17, 15) is 14.4 Å². The minimum Gasteiger partial charge on any atom is -0.462 e. The van der Waals surface area contributed by atoms with Crippen LogP contribution < -0.4 is 0 Å². The fourth-order valence-electron chi connectivity index (χ4n) is 10.0. The fourth-order valence-corrected chi connectivity index (χ4v) is 10.0. The molecule has 0 N–H and O–H groups in total. The number of unbranched alkanes of at least 4 members (excludes halogenated alkanes) is 41. The topological polar surface area (TPSA) is 78.9 Å². The Morgan fingerprint density at radius 2 is 0.506 bits per heavy atom. The lowest BCUT2D eigenvalue weighted by Crippen LogP contribution is -2.30. The van der Waals surface area contributed by atoms with Gasteiger partial charge in [-0.15, -0.1) is 0 Å². The summed E-state index contributed by atoms with van der Waals surface area (Å²) in [6.07, 6.45) is 83.9. The number of hydrogen-bond acceptors (Lipinski definition) is 6. The molecule has 6 nitrogen and oxygen atoms in total. The van der Waals surface area contributed by atoms with Gasteiger partial charge in [-0.2, -0.15) is 0 Å². The summed E-state index contributed by atoms with van der Waals surface area (Å²) in [6, 6.07) is 0. The van der Waals surface area contributed by atoms with E-state index in [0.29, 0.717) is 19.3 Å². The van der Waals surface area contributed by atoms with Crippen molar-refractivity contribution in [3.8, 4) is 0 Å². The number of hydrogen-bond donors (Lipinski definition) is 0. The third-order valence-electron chi connectivity index (χ3n) is 15.0. The van der Waals surface area contributed by atoms with Crippen molar-refractivity contribution in [2.45, 2.75) is 361 Å². The zero-order chi connectivity index (χ0) is 55.7. The quantitative estimate of drug-likeness (QED) is 0.0261. The standard InChI is InChI=1S/C71H128O6/c1-4-7-10-13-16-19-22-25-28-30-32-33-34-35-36-37-38-40-41-43-46-49-52-55-58-61-64-70(73)76-67-68(66-75-69(72)63-60-57-54-51-48-45-27-24-21-18-15-12-9-6-3)77-71(74)65-62-59-56-53-50-47-44-42-39-31-29-26-23-20-17-14-11-8-5-2/h8,11,17,20,26,29,39,42,47,50,68H,4-7,9-10,12-16,18-19,21-25,27-28,30-38,40-41,43-46,48-49,51-67H2,1-3H3/b11-8-,20-17-,29-26-,42-39-,50-47-. The second-order valence-electron chi connectivity index (χ2n) is 22.7. The minimum absolute atomic E-state index is 0.0831. The van der Waals surface area contributed by atoms with Gasteiger partial charge in [-0.25, -0.2) is 0 Å². The van der Waals surface area contributed by atoms with Crippen molar-refractivity contribution < 1.29 is 28.6 Å². The first-order valence-electron chi connectivity index (χ1n) is 33.8. The van der Waals surface area contributed by atoms with Crippen LogP contribution in [0.25, 0.3) is 0 Å². The molecule has 77 heavy (non-hydrogen) atoms. The molecule has 448 valence electrons. The molecule has 0 radical (unpaired) electrons. The van der Waals surface area contributed by atoms with Crippen LogP contribution in [0.15, 0.2) is 60.8 Å². The van der Waals surface area contributed by atoms with Crippen LogP contribution in [0.3, 0.4) is 0 Å². The van der Waals surface area contributed by atoms with Gasteiger partial charge in [0, 0.05) is 19.3 Å². The maximum absolute atomic E-state index is 12.9. The van der Waals surface area contributed by atoms with Crippen molar-refractivity contribution in [3.05, 3.63) is 60.8 Å². The summed E-state index contributed by atoms with van der Waals surface area (Å²) in [5.74, 6) is -0.893. The van der Waals surface area contributed by atoms with Crippen molar-refractivity contribution in [1.82, 2.24) is 0 Å². The lowest BCUT2D eigenvalue weighted by Gasteiger charge is -2.18. The number of carbonyl (C=O) groups is 3. The molecule has 0 saturated carbocycles. The van der Waals surface area contributed by atoms with E-state index >= 15 is 0 Å². The number of carbonyl (C=O) groups excluding carboxylic acids is 3. The molecule has 1 unspecified atom stereocenters. The largest absolute Gasteiger partial charge is 0.462 e. The van der Waals surface area contributed by atoms with Crippen LogP contribution in [0.4, 0.5) is 0 Å². The lowest BCUT2D eigenvalue weighted by atomic mass is 10.0. The molecule has 0 heterocycles. The predicted molar refractivity (Wildman–Crippen MR) is 335 cm³/mol. The van der Waals surface area contributed by atoms with Gasteiger partial charge in [0.2, 0.25) is 0 Å². The van der Waals surface area contributed by atoms with Gasteiger partial charge in [0.15, 0.2) is 6.10 Å². The SMILES string of the molecule is CC/C=C\C/C=C\C/C=C\C/C=C\C/C=C\CCCCCC(=O)OC(COC(=O)CCCCCCCCCCCCCCCC)COC(=O)CCCCCCCCCCCCCCCCCCCCCCCCCCCC. The first-order valence-corrected chi connectivity index (χ1v) is 33.8. The van der Waals surface area contributed by atoms with Gasteiger partial charge in [-0.3, -0.25) is 14.4 Å². The van der Waals surface area contributed by atoms with Crippen molar-refractivity contribution >= 4 is 17.9 Å². The van der Waals surface area contributed by atoms with E-state index < -0.39 is 6.10 Å². The Labute approximate surface area is 479 Å². The predicted octanol–water partition coefficient (Wildman–Crippen LogP) is 23.1. The van der Waals surface area contributed by atoms with Crippen molar-refractivity contribution in [2.75, 3.05) is 13.2 Å². The van der Waals surface area contributed by atoms with Gasteiger partial charge in [-0.05, 0) is 64.2 Å². The van der Waals surface area contributed by atoms with Gasteiger partial charge in [0.05, 0.1) is 0 Å². The normalized spacial score (nSPS) is 12.4. The second-order valence-corrected chi connectivity index (χ2v) is 22.7. The van der Waals surface area contributed by atoms with E-state index in [1.54, 1.807) is 0 Å². The van der Waals surface area contributed by atoms with Gasteiger partial charge in [0.1, 0.15) is 13.2 Å². The highest BCUT2D eigenvalue weighted by Gasteiger charge is 2.19. The zero-order valence-corrected chi connectivity index (χ0v) is 51.5. The monoisotopic (exact) mass is 1080 g/mol. The fraction of sp³-hybridized carbons (Fsp3) is 0.817. The molecule has 1 atom stereocenters. The summed E-state index contributed by atoms with van der Waals surface area (Å²) < 4.78 is 16.9. The molecule has 0 aliphatic rings. The highest BCUT2D eigenvalue weighted by Crippen LogP contribution is 2.18. The smallest absolute Gasteiger partial charge is 0.306 e. The zero-order valence-electron chi connectivity index (χ0n) is 51.5. The number of esters is 3. The average molecular weight is 1080 g/mol. The van der Waals surface area contributed by atoms with Crippen LogP contribution in [-0.4, -0.2) is 37.2 Å². The molecule has 0 aliphatic carbocycles. The number of allylic oxidation sites excluding steroid dienone is 10. The van der Waals surface area contributed by atoms with Crippen LogP contribution in [0.2, 0.25) is 0 Å². The molecule has 0 aromatic carbocycles. The molecule has 0 rings (SSSR count). The van der Waals surface area contributed by atoms with E-state index in [0.717, 1.165) is 96.3 Å². The molecular weight excluding hydrogens is 949 g/mol. The highest BCUT2D eigenvalue weighted by molar-refractivity contribution is 5.71. The van der Waals surface area contributed by atoms with E-state index in [4.69, 9.17) is 14.2 Å². The molecule has 0 aliphatic heterocycles. The second kappa shape index (κ2) is 65.6. The molecule has 6 heteroatoms. The van der Waals surface area contributed by atoms with Gasteiger partial charge in [0.25, 0.3) is 0 Å². The third kappa shape index (κ3) is 63.8. The Morgan fingerprint density at radius 3 is 0.792 bits per heavy atom. The summed E-state index contributed by atoms with van der Waals surface area (Å²) in [4.78, 5) is 38.3. The van der Waals surface area contributed by atoms with Crippen LogP contribution in [0.1, 0.15) is 355 Å². The Balaban J connectivity index is 4.29. The maximum atomic E-state index is 12.9. The van der Waals surface area contributed by atoms with Gasteiger partial charge >= 0.3 is 17.9 Å². The third-order valence-corrected chi connectivity index (χ3v) is 15.0. The van der Waals surface area contributed by atoms with E-state index in [-0.39, 0.29) is 31.1 Å². The molecule has 0 amide bonds. The number of rotatable bonds is 62. The highest BCUT2D eigenvalue weighted by atomic mass is 16.6. The average Bonchev–Trinajstić information content (AvgIpc) is 3.43. The molecular formula is C71H128O6. The summed E-state index contributed by atoms with van der Waals surface area (Å²) in [5.41, 5.74) is 0. The number of ether oxygens (including phenoxy) is 3. The molecule has 0 fully saturated rings. The molecule has 0 saturated heterocycles. The summed E-state index contributed by atoms with van der Waals surface area (Å²) in [6.45, 7) is 6.56. The van der Waals surface area contributed by atoms with Crippen LogP contribution in [0.5, 0.6) is 0 Å². The Morgan fingerprint density at radius 1 is 0.273 bits per heavy atom. The van der Waals surface area contributed by atoms with Crippen LogP contribution in [0, 0.1) is 0 Å². The van der Waals surface area contributed by atoms with E-state index in [1.165, 1.54) is 218 Å². The van der Waals surface area contributed by atoms with Crippen molar-refractivity contribution in [3.63, 3.8) is 0 Å². The summed E-state index contributed by atoms with van der Waals surface area (Å²) >= 11 is 0. The van der Waals surface area contributed by atoms with Crippen LogP contribution >= 0.6 is 0 Å². The Hall–Kier alpha value is -2.89. The first kappa shape index (κ1) is 74.1. The first-order chi connectivity index (χ1) is 38.0. The van der Waals surface area contributed by atoms with Crippen molar-refractivity contribution in [2.24, 2.45) is 0 Å². The van der Waals surface area contributed by atoms with Gasteiger partial charge in [-0.1, -0.05) is 332 Å². The molecule has 0 aromatic heterocycles. The van der Waals surface area contributed by atoms with Crippen molar-refractivity contribution in [1.29, 1.82) is 0 Å². The van der Waals surface area contributed by atoms with E-state index in [2.05, 4.69) is 81.5 Å². The molecule has 0 spiro atoms. The summed E-state index contributed by atoms with van der Waals surface area (Å²) in [5, 5.41) is 0. The maximum Gasteiger partial charge on any atom is 0.306 e. The Kier molecular flexibility index (Phi) is 63.2. The van der Waals surface area contributed by atoms with Gasteiger partial charge < -0.3 is 14.2 Å². The Bertz CT molecular complexity index is 1380.